The Kier molecular flexibility index (Phi) is 16.5. The molecule has 2 saturated heterocycles. The number of rotatable bonds is 9. The zero-order valence-electron chi connectivity index (χ0n) is 38.9. The van der Waals surface area contributed by atoms with E-state index in [1.165, 1.54) is 38.2 Å². The maximum absolute atomic E-state index is 14.6. The lowest BCUT2D eigenvalue weighted by Crippen LogP contribution is -2.61. The number of fused-ring (bicyclic) bond motifs is 1. The first-order valence-electron chi connectivity index (χ1n) is 22.1. The molecule has 2 aliphatic rings. The highest BCUT2D eigenvalue weighted by Gasteiger charge is 2.53. The van der Waals surface area contributed by atoms with Gasteiger partial charge in [0.05, 0.1) is 40.2 Å². The number of benzene rings is 3. The van der Waals surface area contributed by atoms with Crippen molar-refractivity contribution < 1.29 is 61.8 Å². The summed E-state index contributed by atoms with van der Waals surface area (Å²) in [6.07, 6.45) is -8.46. The number of nitrogens with zero attached hydrogens (tertiary/aromatic N) is 2. The first kappa shape index (κ1) is 51.0. The van der Waals surface area contributed by atoms with Crippen molar-refractivity contribution in [1.29, 1.82) is 0 Å². The molecule has 0 aromatic heterocycles. The highest BCUT2D eigenvalue weighted by Crippen LogP contribution is 2.39. The Morgan fingerprint density at radius 2 is 1.55 bits per heavy atom. The summed E-state index contributed by atoms with van der Waals surface area (Å²) in [4.78, 5) is 42.8. The Morgan fingerprint density at radius 3 is 2.17 bits per heavy atom. The van der Waals surface area contributed by atoms with Crippen LogP contribution in [0.2, 0.25) is 0 Å². The van der Waals surface area contributed by atoms with Gasteiger partial charge in [-0.3, -0.25) is 9.59 Å². The van der Waals surface area contributed by atoms with Gasteiger partial charge in [-0.05, 0) is 102 Å². The number of esters is 3. The Labute approximate surface area is 378 Å². The number of likely N-dealkylation sites (N-methyl/N-ethyl adjacent to an activating group) is 2. The van der Waals surface area contributed by atoms with Gasteiger partial charge in [0.2, 0.25) is 10.0 Å². The third kappa shape index (κ3) is 11.3. The van der Waals surface area contributed by atoms with E-state index < -0.39 is 106 Å². The lowest BCUT2D eigenvalue weighted by Gasteiger charge is -2.47. The van der Waals surface area contributed by atoms with E-state index in [-0.39, 0.29) is 35.6 Å². The van der Waals surface area contributed by atoms with Crippen LogP contribution in [0.4, 0.5) is 0 Å². The van der Waals surface area contributed by atoms with E-state index in [2.05, 4.69) is 0 Å². The van der Waals surface area contributed by atoms with Crippen LogP contribution in [0.25, 0.3) is 10.8 Å². The maximum atomic E-state index is 14.6. The van der Waals surface area contributed by atoms with Gasteiger partial charge in [-0.1, -0.05) is 69.3 Å². The van der Waals surface area contributed by atoms with Crippen molar-refractivity contribution >= 4 is 38.7 Å². The van der Waals surface area contributed by atoms with Crippen LogP contribution >= 0.6 is 0 Å². The number of aliphatic hydroxyl groups excluding tert-OH is 1. The molecule has 0 radical (unpaired) electrons. The minimum absolute atomic E-state index is 0.0227. The van der Waals surface area contributed by atoms with Gasteiger partial charge in [-0.25, -0.2) is 13.2 Å². The van der Waals surface area contributed by atoms with Crippen molar-refractivity contribution in [3.05, 3.63) is 78.4 Å². The molecule has 3 aromatic rings. The maximum Gasteiger partial charge on any atom is 0.338 e. The number of cyclic esters (lactones) is 1. The average Bonchev–Trinajstić information content (AvgIpc) is 3.24. The predicted octanol–water partition coefficient (Wildman–Crippen LogP) is 5.32. The Hall–Kier alpha value is -4.00. The molecule has 3 aromatic carbocycles. The molecule has 0 bridgehead atoms. The summed E-state index contributed by atoms with van der Waals surface area (Å²) in [7, 11) is -1.06. The third-order valence-corrected chi connectivity index (χ3v) is 15.0. The number of ether oxygens (including phenoxy) is 5. The van der Waals surface area contributed by atoms with Gasteiger partial charge in [0.1, 0.15) is 23.9 Å². The van der Waals surface area contributed by atoms with E-state index in [1.807, 2.05) is 36.1 Å². The van der Waals surface area contributed by atoms with E-state index in [4.69, 9.17) is 23.7 Å². The topological polar surface area (TPSA) is 199 Å². The first-order chi connectivity index (χ1) is 29.9. The second kappa shape index (κ2) is 20.7. The summed E-state index contributed by atoms with van der Waals surface area (Å²) in [5.41, 5.74) is -3.48. The predicted molar refractivity (Wildman–Crippen MR) is 239 cm³/mol. The molecule has 2 heterocycles. The van der Waals surface area contributed by atoms with Crippen molar-refractivity contribution in [2.75, 3.05) is 20.6 Å². The smallest absolute Gasteiger partial charge is 0.338 e. The highest BCUT2D eigenvalue weighted by atomic mass is 32.2. The van der Waals surface area contributed by atoms with Gasteiger partial charge in [0, 0.05) is 32.5 Å². The van der Waals surface area contributed by atoms with Crippen LogP contribution in [-0.4, -0.2) is 138 Å². The number of hydrogen-bond donors (Lipinski definition) is 3. The molecule has 2 fully saturated rings. The molecule has 15 nitrogen and oxygen atoms in total. The van der Waals surface area contributed by atoms with Crippen LogP contribution in [0.5, 0.6) is 0 Å². The van der Waals surface area contributed by atoms with Crippen molar-refractivity contribution in [2.45, 2.75) is 153 Å². The average molecular weight is 913 g/mol. The van der Waals surface area contributed by atoms with E-state index >= 15 is 0 Å². The molecule has 5 rings (SSSR count). The Morgan fingerprint density at radius 1 is 0.922 bits per heavy atom. The molecule has 16 heteroatoms. The number of carbonyl (C=O) groups excluding carboxylic acids is 3. The molecule has 0 unspecified atom stereocenters. The largest absolute Gasteiger partial charge is 0.461 e. The molecular weight excluding hydrogens is 845 g/mol. The van der Waals surface area contributed by atoms with E-state index in [0.717, 1.165) is 5.39 Å². The van der Waals surface area contributed by atoms with Crippen LogP contribution in [0.15, 0.2) is 77.7 Å². The highest BCUT2D eigenvalue weighted by molar-refractivity contribution is 7.89. The van der Waals surface area contributed by atoms with Crippen LogP contribution in [0.1, 0.15) is 91.9 Å². The van der Waals surface area contributed by atoms with E-state index in [0.29, 0.717) is 11.9 Å². The molecular formula is C48H68N2O13S. The molecule has 354 valence electrons. The molecule has 0 saturated carbocycles. The van der Waals surface area contributed by atoms with Gasteiger partial charge in [-0.2, -0.15) is 4.31 Å². The normalized spacial score (nSPS) is 35.2. The lowest BCUT2D eigenvalue weighted by atomic mass is 9.77. The van der Waals surface area contributed by atoms with Gasteiger partial charge in [0.15, 0.2) is 12.4 Å². The Balaban J connectivity index is 1.62. The van der Waals surface area contributed by atoms with Crippen LogP contribution in [-0.2, 0) is 43.3 Å². The molecule has 64 heavy (non-hydrogen) atoms. The van der Waals surface area contributed by atoms with Crippen LogP contribution in [0, 0.1) is 17.8 Å². The quantitative estimate of drug-likeness (QED) is 0.184. The molecule has 0 amide bonds. The molecule has 3 N–H and O–H groups in total. The fourth-order valence-corrected chi connectivity index (χ4v) is 10.9. The van der Waals surface area contributed by atoms with Crippen molar-refractivity contribution in [1.82, 2.24) is 9.21 Å². The SMILES string of the molecule is CC[C@H]1OC(=O)[C@H](C)[C@@H](OC(C)=O)[C@H](C)[C@@H](O[C@@H]2O[C@H](C)C[C@H](N(C)S(=O)(=O)c3ccc4ccccc4c3)[C@H]2OC(=O)c2ccccc2)[C@](C)(O)C[C@@H](C)CN(C)[C@H](C)[C@@H](O)[C@]1(C)O. The van der Waals surface area contributed by atoms with Gasteiger partial charge in [-0.15, -0.1) is 0 Å². The molecule has 2 aliphatic heterocycles. The third-order valence-electron chi connectivity index (χ3n) is 13.2. The summed E-state index contributed by atoms with van der Waals surface area (Å²) in [5, 5.41) is 37.5. The molecule has 14 atom stereocenters. The molecule has 0 aliphatic carbocycles. The van der Waals surface area contributed by atoms with E-state index in [1.54, 1.807) is 84.1 Å². The fourth-order valence-electron chi connectivity index (χ4n) is 9.53. The second-order valence-electron chi connectivity index (χ2n) is 18.5. The van der Waals surface area contributed by atoms with Gasteiger partial charge >= 0.3 is 17.9 Å². The summed E-state index contributed by atoms with van der Waals surface area (Å²) in [6.45, 7) is 14.7. The molecule has 0 spiro atoms. The summed E-state index contributed by atoms with van der Waals surface area (Å²) in [5.74, 6) is -4.85. The zero-order valence-corrected chi connectivity index (χ0v) is 39.7. The summed E-state index contributed by atoms with van der Waals surface area (Å²) in [6, 6.07) is 18.7. The summed E-state index contributed by atoms with van der Waals surface area (Å²) < 4.78 is 61.7. The fraction of sp³-hybridized carbons (Fsp3) is 0.604. The monoisotopic (exact) mass is 912 g/mol. The minimum atomic E-state index is -4.25. The van der Waals surface area contributed by atoms with E-state index in [9.17, 15) is 38.1 Å². The first-order valence-corrected chi connectivity index (χ1v) is 23.6. The Bertz CT molecular complexity index is 2190. The second-order valence-corrected chi connectivity index (χ2v) is 20.5. The lowest BCUT2D eigenvalue weighted by molar-refractivity contribution is -0.297. The van der Waals surface area contributed by atoms with Crippen LogP contribution < -0.4 is 0 Å². The van der Waals surface area contributed by atoms with Crippen molar-refractivity contribution in [3.63, 3.8) is 0 Å². The number of hydrogen-bond acceptors (Lipinski definition) is 14. The van der Waals surface area contributed by atoms with Crippen molar-refractivity contribution in [3.8, 4) is 0 Å². The number of aliphatic hydroxyl groups is 3. The van der Waals surface area contributed by atoms with Gasteiger partial charge < -0.3 is 43.9 Å². The number of carbonyl (C=O) groups is 3. The summed E-state index contributed by atoms with van der Waals surface area (Å²) >= 11 is 0. The van der Waals surface area contributed by atoms with Gasteiger partial charge in [0.25, 0.3) is 0 Å². The van der Waals surface area contributed by atoms with Crippen LogP contribution in [0.3, 0.4) is 0 Å². The van der Waals surface area contributed by atoms with Crippen molar-refractivity contribution in [2.24, 2.45) is 17.8 Å². The number of sulfonamides is 1. The standard InChI is InChI=1S/C48H68N2O13S/c1-12-39-48(9,56)42(52)32(6)49(10)27-28(2)26-47(8,55)43(30(4)40(60-33(7)51)31(5)44(53)61-39)63-46-41(62-45(54)35-19-14-13-15-20-35)38(24-29(3)59-46)50(11)64(57,58)37-23-22-34-18-16-17-21-36(34)25-37/h13-23,25,28-32,38-43,46,52,55-56H,12,24,26-27H2,1-11H3/t28-,29-,30+,31-,32-,38+,39-,40+,41-,42-,43-,46+,47-,48-/m1/s1. The minimum Gasteiger partial charge on any atom is -0.461 e. The zero-order chi connectivity index (χ0) is 47.5.